The number of methoxy groups -OCH3 is 1. The zero-order valence-electron chi connectivity index (χ0n) is 18.4. The molecule has 2 amide bonds. The lowest BCUT2D eigenvalue weighted by Crippen LogP contribution is -2.33. The summed E-state index contributed by atoms with van der Waals surface area (Å²) in [6.07, 6.45) is 2.52. The Morgan fingerprint density at radius 3 is 2.67 bits per heavy atom. The number of fused-ring (bicyclic) bond motifs is 2. The molecule has 0 saturated heterocycles. The molecule has 0 unspecified atom stereocenters. The van der Waals surface area contributed by atoms with Crippen LogP contribution < -0.4 is 4.90 Å². The van der Waals surface area contributed by atoms with Crippen LogP contribution in [0.3, 0.4) is 0 Å². The average molecular weight is 450 g/mol. The third-order valence-corrected chi connectivity index (χ3v) is 5.77. The van der Waals surface area contributed by atoms with E-state index in [9.17, 15) is 19.8 Å². The number of para-hydroxylation sites is 1. The van der Waals surface area contributed by atoms with Gasteiger partial charge in [-0.2, -0.15) is 0 Å². The summed E-state index contributed by atoms with van der Waals surface area (Å²) < 4.78 is 6.37. The van der Waals surface area contributed by atoms with Crippen molar-refractivity contribution in [1.29, 1.82) is 0 Å². The number of hydrogen-bond acceptors (Lipinski definition) is 6. The smallest absolute Gasteiger partial charge is 0.295 e. The Balaban J connectivity index is 1.46. The molecule has 0 bridgehead atoms. The number of aryl methyl sites for hydroxylation is 1. The number of carbonyl (C=O) groups excluding carboxylic acids is 2. The lowest BCUT2D eigenvalue weighted by atomic mass is 10.0. The summed E-state index contributed by atoms with van der Waals surface area (Å²) in [5, 5.41) is 28.8. The van der Waals surface area contributed by atoms with Crippen LogP contribution in [0, 0.1) is 0 Å². The Labute approximate surface area is 190 Å². The van der Waals surface area contributed by atoms with E-state index in [-0.39, 0.29) is 23.9 Å². The molecule has 2 aromatic carbocycles. The van der Waals surface area contributed by atoms with Crippen LogP contribution >= 0.6 is 0 Å². The number of carbonyl (C=O) groups is 2. The molecule has 0 saturated carbocycles. The zero-order chi connectivity index (χ0) is 23.4. The third kappa shape index (κ3) is 4.73. The highest BCUT2D eigenvalue weighted by Crippen LogP contribution is 2.37. The Morgan fingerprint density at radius 2 is 1.85 bits per heavy atom. The Bertz CT molecular complexity index is 1220. The van der Waals surface area contributed by atoms with E-state index < -0.39 is 11.8 Å². The number of hydrogen-bond donors (Lipinski definition) is 2. The molecule has 1 aromatic heterocycles. The Kier molecular flexibility index (Phi) is 6.69. The maximum atomic E-state index is 12.5. The van der Waals surface area contributed by atoms with Crippen LogP contribution in [0.15, 0.2) is 52.7 Å². The van der Waals surface area contributed by atoms with Crippen molar-refractivity contribution < 1.29 is 24.5 Å². The largest absolute Gasteiger partial charge is 0.494 e. The van der Waals surface area contributed by atoms with E-state index in [1.165, 1.54) is 28.3 Å². The molecule has 2 N–H and O–H groups in total. The van der Waals surface area contributed by atoms with Crippen molar-refractivity contribution in [3.63, 3.8) is 0 Å². The van der Waals surface area contributed by atoms with Crippen LogP contribution in [0.25, 0.3) is 10.8 Å². The molecule has 4 rings (SSSR count). The van der Waals surface area contributed by atoms with Gasteiger partial charge in [0.2, 0.25) is 11.8 Å². The first-order valence-corrected chi connectivity index (χ1v) is 10.8. The molecular weight excluding hydrogens is 424 g/mol. The highest BCUT2D eigenvalue weighted by atomic mass is 16.5. The maximum absolute atomic E-state index is 12.5. The van der Waals surface area contributed by atoms with Gasteiger partial charge in [-0.25, -0.2) is 0 Å². The summed E-state index contributed by atoms with van der Waals surface area (Å²) in [6.45, 7) is 1.63. The van der Waals surface area contributed by atoms with Crippen molar-refractivity contribution in [3.05, 3.63) is 53.6 Å². The first kappa shape index (κ1) is 22.5. The Morgan fingerprint density at radius 1 is 1.06 bits per heavy atom. The zero-order valence-corrected chi connectivity index (χ0v) is 18.4. The lowest BCUT2D eigenvalue weighted by Gasteiger charge is -2.29. The molecule has 3 aromatic rings. The lowest BCUT2D eigenvalue weighted by molar-refractivity contribution is -0.117. The minimum atomic E-state index is -0.699. The number of nitrogens with zero attached hydrogens (tertiary/aromatic N) is 4. The summed E-state index contributed by atoms with van der Waals surface area (Å²) in [6, 6.07) is 12.4. The van der Waals surface area contributed by atoms with Gasteiger partial charge >= 0.3 is 0 Å². The number of ether oxygens (including phenoxy) is 1. The number of aromatic nitrogens is 1. The standard InChI is InChI=1S/C24H26N4O5/c1-33-13-5-12-28-23(31)18-10-9-17(14-19(18)24(28)32)22(30)26-25-21(29)15-27-11-4-7-16-6-2-3-8-20(16)27/h2-3,6,8-10,14,31-32H,4-5,7,11-13,15H2,1H3. The summed E-state index contributed by atoms with van der Waals surface area (Å²) in [7, 11) is 1.58. The fourth-order valence-electron chi connectivity index (χ4n) is 4.16. The molecular formula is C24H26N4O5. The number of amides is 2. The molecule has 9 nitrogen and oxygen atoms in total. The van der Waals surface area contributed by atoms with Crippen LogP contribution in [-0.2, 0) is 22.5 Å². The second-order valence-electron chi connectivity index (χ2n) is 7.96. The van der Waals surface area contributed by atoms with Crippen LogP contribution in [0.5, 0.6) is 11.8 Å². The number of anilines is 1. The van der Waals surface area contributed by atoms with Crippen LogP contribution in [-0.4, -0.2) is 53.4 Å². The van der Waals surface area contributed by atoms with E-state index in [2.05, 4.69) is 10.2 Å². The molecule has 2 heterocycles. The molecule has 172 valence electrons. The van der Waals surface area contributed by atoms with E-state index in [1.807, 2.05) is 29.2 Å². The van der Waals surface area contributed by atoms with Gasteiger partial charge in [-0.15, -0.1) is 10.2 Å². The maximum Gasteiger partial charge on any atom is 0.295 e. The fraction of sp³-hybridized carbons (Fsp3) is 0.333. The number of azo groups is 1. The van der Waals surface area contributed by atoms with Crippen LogP contribution in [0.1, 0.15) is 28.8 Å². The number of aromatic hydroxyl groups is 2. The third-order valence-electron chi connectivity index (χ3n) is 5.77. The molecule has 1 aliphatic heterocycles. The summed E-state index contributed by atoms with van der Waals surface area (Å²) in [4.78, 5) is 26.8. The molecule has 0 aliphatic carbocycles. The van der Waals surface area contributed by atoms with E-state index in [4.69, 9.17) is 4.74 Å². The Hall–Kier alpha value is -3.72. The van der Waals surface area contributed by atoms with E-state index in [0.29, 0.717) is 30.3 Å². The van der Waals surface area contributed by atoms with Crippen molar-refractivity contribution in [2.24, 2.45) is 10.2 Å². The molecule has 33 heavy (non-hydrogen) atoms. The topological polar surface area (TPSA) is 117 Å². The molecule has 0 fully saturated rings. The van der Waals surface area contributed by atoms with Crippen molar-refractivity contribution in [3.8, 4) is 11.8 Å². The highest BCUT2D eigenvalue weighted by molar-refractivity contribution is 6.02. The predicted molar refractivity (Wildman–Crippen MR) is 123 cm³/mol. The molecule has 0 atom stereocenters. The predicted octanol–water partition coefficient (Wildman–Crippen LogP) is 3.66. The number of benzene rings is 2. The summed E-state index contributed by atoms with van der Waals surface area (Å²) in [5.41, 5.74) is 2.36. The normalized spacial score (nSPS) is 13.5. The van der Waals surface area contributed by atoms with E-state index in [0.717, 1.165) is 25.1 Å². The fourth-order valence-corrected chi connectivity index (χ4v) is 4.16. The van der Waals surface area contributed by atoms with Gasteiger partial charge in [-0.3, -0.25) is 14.2 Å². The molecule has 0 radical (unpaired) electrons. The summed E-state index contributed by atoms with van der Waals surface area (Å²) in [5.74, 6) is -1.44. The molecule has 1 aliphatic rings. The number of rotatable bonds is 7. The quantitative estimate of drug-likeness (QED) is 0.419. The van der Waals surface area contributed by atoms with E-state index >= 15 is 0 Å². The first-order chi connectivity index (χ1) is 16.0. The van der Waals surface area contributed by atoms with Crippen LogP contribution in [0.2, 0.25) is 0 Å². The van der Waals surface area contributed by atoms with E-state index in [1.54, 1.807) is 7.11 Å². The average Bonchev–Trinajstić information content (AvgIpc) is 3.07. The van der Waals surface area contributed by atoms with Gasteiger partial charge in [0, 0.05) is 48.8 Å². The second-order valence-corrected chi connectivity index (χ2v) is 7.96. The van der Waals surface area contributed by atoms with Gasteiger partial charge < -0.3 is 19.8 Å². The van der Waals surface area contributed by atoms with Crippen molar-refractivity contribution in [1.82, 2.24) is 4.57 Å². The van der Waals surface area contributed by atoms with Gasteiger partial charge in [0.05, 0.1) is 0 Å². The van der Waals surface area contributed by atoms with Crippen molar-refractivity contribution in [2.75, 3.05) is 31.7 Å². The minimum absolute atomic E-state index is 0.0474. The second kappa shape index (κ2) is 9.83. The van der Waals surface area contributed by atoms with Gasteiger partial charge in [0.15, 0.2) is 0 Å². The van der Waals surface area contributed by atoms with Gasteiger partial charge in [0.1, 0.15) is 6.54 Å². The molecule has 9 heteroatoms. The molecule has 0 spiro atoms. The summed E-state index contributed by atoms with van der Waals surface area (Å²) >= 11 is 0. The SMILES string of the molecule is COCCCn1c(O)c2ccc(C(=O)N=NC(=O)CN3CCCc4ccccc43)cc2c1O. The van der Waals surface area contributed by atoms with Crippen molar-refractivity contribution in [2.45, 2.75) is 25.8 Å². The van der Waals surface area contributed by atoms with Gasteiger partial charge in [-0.05, 0) is 49.1 Å². The van der Waals surface area contributed by atoms with Crippen LogP contribution in [0.4, 0.5) is 5.69 Å². The highest BCUT2D eigenvalue weighted by Gasteiger charge is 2.20. The first-order valence-electron chi connectivity index (χ1n) is 10.8. The van der Waals surface area contributed by atoms with Gasteiger partial charge in [0.25, 0.3) is 11.8 Å². The van der Waals surface area contributed by atoms with Gasteiger partial charge in [-0.1, -0.05) is 18.2 Å². The van der Waals surface area contributed by atoms with Crippen molar-refractivity contribution >= 4 is 28.3 Å². The monoisotopic (exact) mass is 450 g/mol. The minimum Gasteiger partial charge on any atom is -0.494 e.